The molecule has 0 N–H and O–H groups in total. The molecule has 0 aliphatic rings. The van der Waals surface area contributed by atoms with E-state index in [0.29, 0.717) is 5.56 Å². The molecule has 1 aromatic rings. The van der Waals surface area contributed by atoms with Crippen molar-refractivity contribution in [3.8, 4) is 5.75 Å². The zero-order valence-corrected chi connectivity index (χ0v) is 10.5. The first-order chi connectivity index (χ1) is 7.71. The van der Waals surface area contributed by atoms with E-state index in [2.05, 4.69) is 0 Å². The predicted molar refractivity (Wildman–Crippen MR) is 61.1 cm³/mol. The Labute approximate surface area is 99.3 Å². The van der Waals surface area contributed by atoms with E-state index in [-0.39, 0.29) is 5.75 Å². The van der Waals surface area contributed by atoms with Crippen LogP contribution in [0.25, 0.3) is 0 Å². The second-order valence-corrected chi connectivity index (χ2v) is 6.19. The van der Waals surface area contributed by atoms with Crippen molar-refractivity contribution in [1.82, 2.24) is 0 Å². The number of halogens is 1. The van der Waals surface area contributed by atoms with Crippen molar-refractivity contribution in [2.45, 2.75) is 19.1 Å². The van der Waals surface area contributed by atoms with Crippen LogP contribution in [0, 0.1) is 12.7 Å². The van der Waals surface area contributed by atoms with Gasteiger partial charge in [0.25, 0.3) is 0 Å². The molecule has 4 nitrogen and oxygen atoms in total. The average molecular weight is 260 g/mol. The van der Waals surface area contributed by atoms with Crippen LogP contribution in [0.15, 0.2) is 18.2 Å². The maximum atomic E-state index is 13.3. The summed E-state index contributed by atoms with van der Waals surface area (Å²) in [6.07, 6.45) is 0.922. The topological polar surface area (TPSA) is 60.4 Å². The number of aryl methyl sites for hydroxylation is 1. The summed E-state index contributed by atoms with van der Waals surface area (Å²) < 4.78 is 40.2. The van der Waals surface area contributed by atoms with E-state index in [1.807, 2.05) is 0 Å². The SMILES string of the molecule is Cc1ccc(F)c(OC(=O)C(C)S(C)(=O)=O)c1. The van der Waals surface area contributed by atoms with Gasteiger partial charge in [-0.05, 0) is 31.5 Å². The van der Waals surface area contributed by atoms with E-state index in [1.54, 1.807) is 6.92 Å². The van der Waals surface area contributed by atoms with Crippen LogP contribution < -0.4 is 4.74 Å². The van der Waals surface area contributed by atoms with Gasteiger partial charge in [0.2, 0.25) is 0 Å². The highest BCUT2D eigenvalue weighted by Crippen LogP contribution is 2.19. The largest absolute Gasteiger partial charge is 0.422 e. The monoisotopic (exact) mass is 260 g/mol. The van der Waals surface area contributed by atoms with Gasteiger partial charge in [0.1, 0.15) is 0 Å². The first-order valence-electron chi connectivity index (χ1n) is 4.88. The molecule has 1 rings (SSSR count). The quantitative estimate of drug-likeness (QED) is 0.610. The summed E-state index contributed by atoms with van der Waals surface area (Å²) in [5.41, 5.74) is 0.709. The second kappa shape index (κ2) is 4.83. The van der Waals surface area contributed by atoms with E-state index >= 15 is 0 Å². The van der Waals surface area contributed by atoms with Gasteiger partial charge in [-0.3, -0.25) is 4.79 Å². The fraction of sp³-hybridized carbons (Fsp3) is 0.364. The van der Waals surface area contributed by atoms with Gasteiger partial charge in [-0.1, -0.05) is 6.07 Å². The fourth-order valence-corrected chi connectivity index (χ4v) is 1.45. The molecule has 0 saturated carbocycles. The van der Waals surface area contributed by atoms with Crippen LogP contribution in [0.5, 0.6) is 5.75 Å². The summed E-state index contributed by atoms with van der Waals surface area (Å²) in [4.78, 5) is 11.5. The van der Waals surface area contributed by atoms with Crippen molar-refractivity contribution in [2.24, 2.45) is 0 Å². The zero-order chi connectivity index (χ0) is 13.2. The molecule has 0 bridgehead atoms. The minimum Gasteiger partial charge on any atom is -0.422 e. The van der Waals surface area contributed by atoms with Crippen molar-refractivity contribution >= 4 is 15.8 Å². The lowest BCUT2D eigenvalue weighted by atomic mass is 10.2. The Kier molecular flexibility index (Phi) is 3.87. The van der Waals surface area contributed by atoms with Gasteiger partial charge >= 0.3 is 5.97 Å². The lowest BCUT2D eigenvalue weighted by Crippen LogP contribution is -2.30. The first-order valence-corrected chi connectivity index (χ1v) is 6.84. The Morgan fingerprint density at radius 2 is 2.00 bits per heavy atom. The van der Waals surface area contributed by atoms with Crippen LogP contribution in [0.4, 0.5) is 4.39 Å². The molecule has 6 heteroatoms. The van der Waals surface area contributed by atoms with Crippen LogP contribution in [-0.2, 0) is 14.6 Å². The Balaban J connectivity index is 2.92. The van der Waals surface area contributed by atoms with E-state index in [9.17, 15) is 17.6 Å². The Morgan fingerprint density at radius 1 is 1.41 bits per heavy atom. The molecular weight excluding hydrogens is 247 g/mol. The van der Waals surface area contributed by atoms with E-state index in [4.69, 9.17) is 4.74 Å². The maximum absolute atomic E-state index is 13.3. The smallest absolute Gasteiger partial charge is 0.329 e. The van der Waals surface area contributed by atoms with Gasteiger partial charge in [-0.25, -0.2) is 12.8 Å². The number of carbonyl (C=O) groups excluding carboxylic acids is 1. The van der Waals surface area contributed by atoms with Gasteiger partial charge in [0, 0.05) is 6.26 Å². The minimum absolute atomic E-state index is 0.259. The number of benzene rings is 1. The van der Waals surface area contributed by atoms with E-state index < -0.39 is 26.9 Å². The maximum Gasteiger partial charge on any atom is 0.329 e. The van der Waals surface area contributed by atoms with Gasteiger partial charge in [0.05, 0.1) is 0 Å². The molecule has 1 aromatic carbocycles. The van der Waals surface area contributed by atoms with Crippen molar-refractivity contribution in [2.75, 3.05) is 6.26 Å². The van der Waals surface area contributed by atoms with Crippen LogP contribution in [0.3, 0.4) is 0 Å². The first kappa shape index (κ1) is 13.6. The molecule has 1 atom stereocenters. The number of hydrogen-bond acceptors (Lipinski definition) is 4. The molecule has 0 heterocycles. The molecule has 94 valence electrons. The molecule has 0 saturated heterocycles. The van der Waals surface area contributed by atoms with Gasteiger partial charge in [-0.2, -0.15) is 0 Å². The normalized spacial score (nSPS) is 13.2. The van der Waals surface area contributed by atoms with Crippen molar-refractivity contribution in [1.29, 1.82) is 0 Å². The highest BCUT2D eigenvalue weighted by Gasteiger charge is 2.26. The molecule has 0 aliphatic carbocycles. The Morgan fingerprint density at radius 3 is 2.53 bits per heavy atom. The Bertz CT molecular complexity index is 536. The highest BCUT2D eigenvalue weighted by atomic mass is 32.2. The summed E-state index contributed by atoms with van der Waals surface area (Å²) in [7, 11) is -3.54. The third-order valence-corrected chi connectivity index (χ3v) is 3.75. The summed E-state index contributed by atoms with van der Waals surface area (Å²) >= 11 is 0. The second-order valence-electron chi connectivity index (χ2n) is 3.83. The number of carbonyl (C=O) groups is 1. The number of ether oxygens (including phenoxy) is 1. The van der Waals surface area contributed by atoms with Crippen molar-refractivity contribution < 1.29 is 22.3 Å². The van der Waals surface area contributed by atoms with Gasteiger partial charge in [-0.15, -0.1) is 0 Å². The fourth-order valence-electron chi connectivity index (χ4n) is 1.05. The number of hydrogen-bond donors (Lipinski definition) is 0. The van der Waals surface area contributed by atoms with Crippen LogP contribution >= 0.6 is 0 Å². The molecular formula is C11H13FO4S. The van der Waals surface area contributed by atoms with Crippen LogP contribution in [0.2, 0.25) is 0 Å². The summed E-state index contributed by atoms with van der Waals surface area (Å²) in [5, 5.41) is -1.32. The number of rotatable bonds is 3. The highest BCUT2D eigenvalue weighted by molar-refractivity contribution is 7.92. The molecule has 0 spiro atoms. The zero-order valence-electron chi connectivity index (χ0n) is 9.73. The Hall–Kier alpha value is -1.43. The lowest BCUT2D eigenvalue weighted by Gasteiger charge is -2.10. The molecule has 0 aromatic heterocycles. The molecule has 0 aliphatic heterocycles. The molecule has 17 heavy (non-hydrogen) atoms. The van der Waals surface area contributed by atoms with Crippen molar-refractivity contribution in [3.05, 3.63) is 29.6 Å². The minimum atomic E-state index is -3.54. The average Bonchev–Trinajstić information content (AvgIpc) is 2.21. The lowest BCUT2D eigenvalue weighted by molar-refractivity contribution is -0.133. The van der Waals surface area contributed by atoms with Crippen LogP contribution in [-0.4, -0.2) is 25.9 Å². The summed E-state index contributed by atoms with van der Waals surface area (Å²) in [6, 6.07) is 4.01. The van der Waals surface area contributed by atoms with Gasteiger partial charge in [0.15, 0.2) is 26.7 Å². The molecule has 0 fully saturated rings. The molecule has 0 amide bonds. The van der Waals surface area contributed by atoms with Gasteiger partial charge < -0.3 is 4.74 Å². The molecule has 1 unspecified atom stereocenters. The predicted octanol–water partition coefficient (Wildman–Crippen LogP) is 1.47. The third-order valence-electron chi connectivity index (χ3n) is 2.27. The third kappa shape index (κ3) is 3.52. The van der Waals surface area contributed by atoms with E-state index in [0.717, 1.165) is 12.3 Å². The summed E-state index contributed by atoms with van der Waals surface area (Å²) in [6.45, 7) is 2.90. The summed E-state index contributed by atoms with van der Waals surface area (Å²) in [5.74, 6) is -1.95. The van der Waals surface area contributed by atoms with Crippen molar-refractivity contribution in [3.63, 3.8) is 0 Å². The van der Waals surface area contributed by atoms with Crippen LogP contribution in [0.1, 0.15) is 12.5 Å². The van der Waals surface area contributed by atoms with E-state index in [1.165, 1.54) is 19.1 Å². The molecule has 0 radical (unpaired) electrons. The number of esters is 1. The standard InChI is InChI=1S/C11H13FO4S/c1-7-4-5-9(12)10(6-7)16-11(13)8(2)17(3,14)15/h4-6,8H,1-3H3. The number of sulfone groups is 1.